The minimum atomic E-state index is -5.39. The summed E-state index contributed by atoms with van der Waals surface area (Å²) in [5, 5.41) is 9.35. The number of likely N-dealkylation sites (tertiary alicyclic amines) is 1. The maximum atomic E-state index is 14.3. The van der Waals surface area contributed by atoms with Crippen LogP contribution in [0.5, 0.6) is 0 Å². The third-order valence-corrected chi connectivity index (χ3v) is 6.96. The first-order valence-electron chi connectivity index (χ1n) is 11.2. The predicted molar refractivity (Wildman–Crippen MR) is 126 cm³/mol. The van der Waals surface area contributed by atoms with Gasteiger partial charge in [-0.15, -0.1) is 0 Å². The summed E-state index contributed by atoms with van der Waals surface area (Å²) in [6, 6.07) is 6.43. The van der Waals surface area contributed by atoms with Crippen molar-refractivity contribution in [2.75, 3.05) is 6.54 Å². The van der Waals surface area contributed by atoms with Gasteiger partial charge in [0.05, 0.1) is 29.6 Å². The van der Waals surface area contributed by atoms with Crippen LogP contribution in [-0.2, 0) is 32.1 Å². The molecule has 2 aliphatic heterocycles. The highest BCUT2D eigenvalue weighted by atomic mass is 35.5. The molecule has 2 aliphatic rings. The third kappa shape index (κ3) is 4.69. The zero-order chi connectivity index (χ0) is 27.6. The van der Waals surface area contributed by atoms with Gasteiger partial charge in [0, 0.05) is 0 Å². The fourth-order valence-corrected chi connectivity index (χ4v) is 5.19. The Morgan fingerprint density at radius 3 is 2.32 bits per heavy atom. The molecule has 1 fully saturated rings. The van der Waals surface area contributed by atoms with E-state index in [1.54, 1.807) is 45.0 Å². The van der Waals surface area contributed by atoms with Crippen molar-refractivity contribution < 1.29 is 41.7 Å². The van der Waals surface area contributed by atoms with Crippen molar-refractivity contribution in [3.05, 3.63) is 69.0 Å². The minimum absolute atomic E-state index is 0.0782. The molecule has 12 heteroatoms. The average Bonchev–Trinajstić information content (AvgIpc) is 3.14. The molecule has 2 aromatic rings. The monoisotopic (exact) mass is 563 g/mol. The molecule has 1 N–H and O–H groups in total. The molecule has 1 amide bonds. The second-order valence-corrected chi connectivity index (χ2v) is 10.9. The van der Waals surface area contributed by atoms with Crippen LogP contribution in [0.25, 0.3) is 0 Å². The van der Waals surface area contributed by atoms with E-state index in [0.29, 0.717) is 23.3 Å². The summed E-state index contributed by atoms with van der Waals surface area (Å²) in [6.07, 6.45) is -7.84. The number of amides is 1. The Balaban J connectivity index is 1.76. The van der Waals surface area contributed by atoms with E-state index >= 15 is 0 Å². The Morgan fingerprint density at radius 1 is 1.16 bits per heavy atom. The maximum absolute atomic E-state index is 14.3. The number of ether oxygens (including phenoxy) is 2. The summed E-state index contributed by atoms with van der Waals surface area (Å²) in [5.41, 5.74) is -5.82. The molecular weight excluding hydrogens is 541 g/mol. The molecule has 0 bridgehead atoms. The van der Waals surface area contributed by atoms with E-state index in [-0.39, 0.29) is 13.2 Å². The fourth-order valence-electron chi connectivity index (χ4n) is 4.70. The minimum Gasteiger partial charge on any atom is -0.444 e. The van der Waals surface area contributed by atoms with Crippen molar-refractivity contribution in [2.24, 2.45) is 0 Å². The highest BCUT2D eigenvalue weighted by Gasteiger charge is 2.66. The van der Waals surface area contributed by atoms with Crippen molar-refractivity contribution in [1.82, 2.24) is 4.90 Å². The number of hydrogen-bond donors (Lipinski definition) is 1. The van der Waals surface area contributed by atoms with E-state index in [0.717, 1.165) is 4.90 Å². The lowest BCUT2D eigenvalue weighted by atomic mass is 9.73. The molecule has 0 aromatic heterocycles. The Labute approximate surface area is 220 Å². The van der Waals surface area contributed by atoms with E-state index in [2.05, 4.69) is 0 Å². The number of carbonyl (C=O) groups is 2. The van der Waals surface area contributed by atoms with Gasteiger partial charge in [-0.05, 0) is 49.6 Å². The number of benzene rings is 2. The van der Waals surface area contributed by atoms with Crippen molar-refractivity contribution in [3.8, 4) is 0 Å². The quantitative estimate of drug-likeness (QED) is 0.371. The van der Waals surface area contributed by atoms with Gasteiger partial charge in [0.1, 0.15) is 17.2 Å². The van der Waals surface area contributed by atoms with Crippen LogP contribution in [0.2, 0.25) is 10.0 Å². The van der Waals surface area contributed by atoms with Gasteiger partial charge in [0.15, 0.2) is 17.2 Å². The van der Waals surface area contributed by atoms with E-state index in [4.69, 9.17) is 32.7 Å². The summed E-state index contributed by atoms with van der Waals surface area (Å²) in [4.78, 5) is 27.5. The molecule has 200 valence electrons. The Hall–Kier alpha value is -2.40. The molecule has 0 radical (unpaired) electrons. The van der Waals surface area contributed by atoms with Crippen molar-refractivity contribution in [2.45, 2.75) is 62.8 Å². The van der Waals surface area contributed by atoms with Gasteiger partial charge in [-0.1, -0.05) is 47.5 Å². The number of nitrogens with zero attached hydrogens (tertiary/aromatic N) is 1. The van der Waals surface area contributed by atoms with Crippen LogP contribution in [0.4, 0.5) is 22.4 Å². The molecule has 6 nitrogen and oxygen atoms in total. The van der Waals surface area contributed by atoms with Crippen molar-refractivity contribution in [3.63, 3.8) is 0 Å². The van der Waals surface area contributed by atoms with Crippen LogP contribution >= 0.6 is 23.2 Å². The van der Waals surface area contributed by atoms with Crippen LogP contribution in [-0.4, -0.2) is 46.2 Å². The number of aliphatic hydroxyl groups is 1. The van der Waals surface area contributed by atoms with Crippen LogP contribution in [0.3, 0.4) is 0 Å². The van der Waals surface area contributed by atoms with E-state index in [1.807, 2.05) is 0 Å². The number of hydrogen-bond acceptors (Lipinski definition) is 5. The zero-order valence-electron chi connectivity index (χ0n) is 20.0. The summed E-state index contributed by atoms with van der Waals surface area (Å²) in [7, 11) is 0. The first-order chi connectivity index (χ1) is 17.0. The summed E-state index contributed by atoms with van der Waals surface area (Å²) in [6.45, 7) is 4.73. The lowest BCUT2D eigenvalue weighted by molar-refractivity contribution is -0.269. The van der Waals surface area contributed by atoms with Gasteiger partial charge < -0.3 is 14.6 Å². The lowest BCUT2D eigenvalue weighted by Crippen LogP contribution is -2.72. The fraction of sp³-hybridized carbons (Fsp3) is 0.440. The largest absolute Gasteiger partial charge is 0.444 e. The first-order valence-corrected chi connectivity index (χ1v) is 11.9. The van der Waals surface area contributed by atoms with E-state index in [9.17, 15) is 32.3 Å². The van der Waals surface area contributed by atoms with Gasteiger partial charge in [-0.25, -0.2) is 9.18 Å². The number of rotatable bonds is 4. The second kappa shape index (κ2) is 9.11. The molecule has 0 aliphatic carbocycles. The van der Waals surface area contributed by atoms with Crippen molar-refractivity contribution >= 4 is 35.1 Å². The predicted octanol–water partition coefficient (Wildman–Crippen LogP) is 5.89. The molecule has 37 heavy (non-hydrogen) atoms. The summed E-state index contributed by atoms with van der Waals surface area (Å²) >= 11 is 11.4. The third-order valence-electron chi connectivity index (χ3n) is 6.41. The van der Waals surface area contributed by atoms with E-state index < -0.39 is 68.7 Å². The van der Waals surface area contributed by atoms with Crippen LogP contribution < -0.4 is 0 Å². The Morgan fingerprint density at radius 2 is 1.76 bits per heavy atom. The number of Topliss-reactive ketones (excluding diaryl/α,β-unsaturated/α-hetero) is 1. The number of alkyl halides is 3. The van der Waals surface area contributed by atoms with Crippen LogP contribution in [0, 0.1) is 5.82 Å². The van der Waals surface area contributed by atoms with Gasteiger partial charge in [-0.3, -0.25) is 9.69 Å². The molecule has 4 rings (SSSR count). The van der Waals surface area contributed by atoms with Gasteiger partial charge >= 0.3 is 12.3 Å². The van der Waals surface area contributed by atoms with Gasteiger partial charge in [0.25, 0.3) is 0 Å². The molecule has 0 saturated carbocycles. The molecular formula is C25H23Cl2F4NO5. The lowest BCUT2D eigenvalue weighted by Gasteiger charge is -2.54. The van der Waals surface area contributed by atoms with Gasteiger partial charge in [-0.2, -0.15) is 13.2 Å². The highest BCUT2D eigenvalue weighted by Crippen LogP contribution is 2.51. The van der Waals surface area contributed by atoms with Gasteiger partial charge in [0.2, 0.25) is 0 Å². The smallest absolute Gasteiger partial charge is 0.421 e. The maximum Gasteiger partial charge on any atom is 0.421 e. The molecule has 3 unspecified atom stereocenters. The second-order valence-electron chi connectivity index (χ2n) is 10.1. The Kier molecular flexibility index (Phi) is 6.80. The molecule has 3 atom stereocenters. The van der Waals surface area contributed by atoms with Crippen LogP contribution in [0.1, 0.15) is 43.9 Å². The zero-order valence-corrected chi connectivity index (χ0v) is 21.5. The Bertz CT molecular complexity index is 1240. The molecule has 2 heterocycles. The topological polar surface area (TPSA) is 76.1 Å². The SMILES string of the molecule is CC(C)(C)OC(=O)N1CC2(OCc3ccccc32)C1C(=O)CC(O)(c1cc(Cl)c(F)c(Cl)c1)C(F)(F)F. The number of fused-ring (bicyclic) bond motifs is 2. The normalized spacial score (nSPS) is 22.9. The average molecular weight is 564 g/mol. The van der Waals surface area contributed by atoms with E-state index in [1.165, 1.54) is 0 Å². The molecule has 2 aromatic carbocycles. The first kappa shape index (κ1) is 27.6. The van der Waals surface area contributed by atoms with Crippen molar-refractivity contribution in [1.29, 1.82) is 0 Å². The number of carbonyl (C=O) groups excluding carboxylic acids is 2. The number of halogens is 6. The molecule has 1 spiro atoms. The summed E-state index contributed by atoms with van der Waals surface area (Å²) < 4.78 is 68.0. The van der Waals surface area contributed by atoms with Crippen LogP contribution in [0.15, 0.2) is 36.4 Å². The number of ketones is 1. The highest BCUT2D eigenvalue weighted by molar-refractivity contribution is 6.35. The molecule has 1 saturated heterocycles. The summed E-state index contributed by atoms with van der Waals surface area (Å²) in [5.74, 6) is -2.32. The standard InChI is InChI=1S/C25H23Cl2F4NO5/c1-22(2,3)37-21(34)32-12-23(15-7-5-4-6-13(15)11-36-23)20(32)18(33)10-24(35,25(29,30)31)14-8-16(26)19(28)17(27)9-14/h4-9,20,35H,10-12H2,1-3H3.